The molecule has 0 saturated heterocycles. The summed E-state index contributed by atoms with van der Waals surface area (Å²) in [5.41, 5.74) is 7.38. The van der Waals surface area contributed by atoms with Crippen molar-refractivity contribution in [1.82, 2.24) is 9.88 Å². The Bertz CT molecular complexity index is 1200. The second kappa shape index (κ2) is 10.5. The molecule has 2 N–H and O–H groups in total. The molecule has 0 atom stereocenters. The van der Waals surface area contributed by atoms with Gasteiger partial charge in [0, 0.05) is 35.6 Å². The van der Waals surface area contributed by atoms with E-state index in [-0.39, 0.29) is 11.8 Å². The SMILES string of the molecule is Cc1ccc(C)c(NC(=O)CN(CCC(=O)Nc2nc(-c3ccc(C)c(C)c3)cs2)C2CC2)c1. The van der Waals surface area contributed by atoms with Crippen molar-refractivity contribution in [3.63, 3.8) is 0 Å². The van der Waals surface area contributed by atoms with Gasteiger partial charge in [0.2, 0.25) is 11.8 Å². The first-order chi connectivity index (χ1) is 16.3. The standard InChI is InChI=1S/C27H32N4O2S/c1-17-5-6-19(3)23(13-17)28-26(33)15-31(22-9-10-22)12-11-25(32)30-27-29-24(16-34-27)21-8-7-18(2)20(4)14-21/h5-8,13-14,16,22H,9-12,15H2,1-4H3,(H,28,33)(H,29,30,32). The Hall–Kier alpha value is -3.03. The van der Waals surface area contributed by atoms with Gasteiger partial charge in [-0.05, 0) is 74.9 Å². The molecule has 2 aromatic carbocycles. The van der Waals surface area contributed by atoms with Gasteiger partial charge >= 0.3 is 0 Å². The van der Waals surface area contributed by atoms with Crippen LogP contribution in [0.15, 0.2) is 41.8 Å². The summed E-state index contributed by atoms with van der Waals surface area (Å²) in [5, 5.41) is 8.52. The summed E-state index contributed by atoms with van der Waals surface area (Å²) in [7, 11) is 0. The Labute approximate surface area is 205 Å². The summed E-state index contributed by atoms with van der Waals surface area (Å²) in [4.78, 5) is 32.0. The zero-order valence-corrected chi connectivity index (χ0v) is 21.1. The predicted molar refractivity (Wildman–Crippen MR) is 139 cm³/mol. The number of hydrogen-bond acceptors (Lipinski definition) is 5. The van der Waals surface area contributed by atoms with Crippen LogP contribution in [0.2, 0.25) is 0 Å². The fourth-order valence-electron chi connectivity index (χ4n) is 3.87. The summed E-state index contributed by atoms with van der Waals surface area (Å²) < 4.78 is 0. The van der Waals surface area contributed by atoms with Crippen molar-refractivity contribution in [2.24, 2.45) is 0 Å². The molecule has 0 radical (unpaired) electrons. The second-order valence-corrected chi connectivity index (χ2v) is 10.1. The van der Waals surface area contributed by atoms with Gasteiger partial charge in [0.15, 0.2) is 5.13 Å². The van der Waals surface area contributed by atoms with Crippen molar-refractivity contribution < 1.29 is 9.59 Å². The number of thiazole rings is 1. The highest BCUT2D eigenvalue weighted by Crippen LogP contribution is 2.28. The molecule has 1 aromatic heterocycles. The first kappa shape index (κ1) is 24.1. The number of amides is 2. The van der Waals surface area contributed by atoms with Crippen molar-refractivity contribution in [3.8, 4) is 11.3 Å². The van der Waals surface area contributed by atoms with Crippen molar-refractivity contribution in [3.05, 3.63) is 64.0 Å². The van der Waals surface area contributed by atoms with Crippen LogP contribution in [0.1, 0.15) is 41.5 Å². The van der Waals surface area contributed by atoms with Crippen LogP contribution in [0.4, 0.5) is 10.8 Å². The van der Waals surface area contributed by atoms with Gasteiger partial charge < -0.3 is 10.6 Å². The smallest absolute Gasteiger partial charge is 0.238 e. The molecule has 7 heteroatoms. The van der Waals surface area contributed by atoms with Gasteiger partial charge in [0.25, 0.3) is 0 Å². The van der Waals surface area contributed by atoms with Crippen LogP contribution < -0.4 is 10.6 Å². The quantitative estimate of drug-likeness (QED) is 0.429. The monoisotopic (exact) mass is 476 g/mol. The van der Waals surface area contributed by atoms with Gasteiger partial charge in [-0.25, -0.2) is 4.98 Å². The lowest BCUT2D eigenvalue weighted by atomic mass is 10.1. The molecule has 4 rings (SSSR count). The summed E-state index contributed by atoms with van der Waals surface area (Å²) in [5.74, 6) is -0.125. The summed E-state index contributed by atoms with van der Waals surface area (Å²) in [6.45, 7) is 9.01. The molecule has 0 spiro atoms. The fourth-order valence-corrected chi connectivity index (χ4v) is 4.60. The average Bonchev–Trinajstić information content (AvgIpc) is 3.54. The maximum atomic E-state index is 12.7. The van der Waals surface area contributed by atoms with E-state index in [0.717, 1.165) is 40.9 Å². The molecule has 1 saturated carbocycles. The highest BCUT2D eigenvalue weighted by Gasteiger charge is 2.30. The molecule has 1 heterocycles. The molecule has 1 aliphatic rings. The summed E-state index contributed by atoms with van der Waals surface area (Å²) in [6, 6.07) is 12.7. The molecule has 6 nitrogen and oxygen atoms in total. The minimum Gasteiger partial charge on any atom is -0.325 e. The van der Waals surface area contributed by atoms with Crippen LogP contribution in [-0.4, -0.2) is 40.8 Å². The van der Waals surface area contributed by atoms with E-state index >= 15 is 0 Å². The lowest BCUT2D eigenvalue weighted by molar-refractivity contribution is -0.119. The number of benzene rings is 2. The molecule has 2 amide bonds. The molecule has 0 unspecified atom stereocenters. The Morgan fingerprint density at radius 3 is 2.47 bits per heavy atom. The topological polar surface area (TPSA) is 74.3 Å². The maximum absolute atomic E-state index is 12.7. The molecular weight excluding hydrogens is 444 g/mol. The van der Waals surface area contributed by atoms with Crippen LogP contribution in [-0.2, 0) is 9.59 Å². The molecular formula is C27H32N4O2S. The summed E-state index contributed by atoms with van der Waals surface area (Å²) >= 11 is 1.43. The van der Waals surface area contributed by atoms with Crippen LogP contribution in [0.25, 0.3) is 11.3 Å². The molecule has 1 aliphatic carbocycles. The second-order valence-electron chi connectivity index (χ2n) is 9.20. The van der Waals surface area contributed by atoms with Gasteiger partial charge in [0.1, 0.15) is 0 Å². The minimum absolute atomic E-state index is 0.0426. The van der Waals surface area contributed by atoms with Gasteiger partial charge in [-0.3, -0.25) is 14.5 Å². The Morgan fingerprint density at radius 1 is 0.971 bits per heavy atom. The van der Waals surface area contributed by atoms with E-state index in [1.165, 1.54) is 22.5 Å². The minimum atomic E-state index is -0.0819. The molecule has 34 heavy (non-hydrogen) atoms. The van der Waals surface area contributed by atoms with Crippen molar-refractivity contribution in [2.45, 2.75) is 53.0 Å². The lowest BCUT2D eigenvalue weighted by Crippen LogP contribution is -2.37. The normalized spacial score (nSPS) is 13.2. The van der Waals surface area contributed by atoms with Gasteiger partial charge in [-0.2, -0.15) is 0 Å². The van der Waals surface area contributed by atoms with Crippen molar-refractivity contribution in [1.29, 1.82) is 0 Å². The van der Waals surface area contributed by atoms with Crippen LogP contribution in [0.5, 0.6) is 0 Å². The van der Waals surface area contributed by atoms with Gasteiger partial charge in [0.05, 0.1) is 12.2 Å². The lowest BCUT2D eigenvalue weighted by Gasteiger charge is -2.21. The third-order valence-electron chi connectivity index (χ3n) is 6.26. The number of nitrogens with one attached hydrogen (secondary N) is 2. The molecule has 3 aromatic rings. The maximum Gasteiger partial charge on any atom is 0.238 e. The van der Waals surface area contributed by atoms with E-state index < -0.39 is 0 Å². The number of nitrogens with zero attached hydrogens (tertiary/aromatic N) is 2. The zero-order chi connectivity index (χ0) is 24.2. The number of anilines is 2. The van der Waals surface area contributed by atoms with E-state index in [9.17, 15) is 9.59 Å². The van der Waals surface area contributed by atoms with Crippen molar-refractivity contribution >= 4 is 34.0 Å². The van der Waals surface area contributed by atoms with Gasteiger partial charge in [-0.1, -0.05) is 24.3 Å². The van der Waals surface area contributed by atoms with E-state index in [0.29, 0.717) is 30.7 Å². The van der Waals surface area contributed by atoms with Crippen LogP contribution in [0.3, 0.4) is 0 Å². The molecule has 1 fully saturated rings. The number of hydrogen-bond donors (Lipinski definition) is 2. The molecule has 0 aliphatic heterocycles. The van der Waals surface area contributed by atoms with Gasteiger partial charge in [-0.15, -0.1) is 11.3 Å². The highest BCUT2D eigenvalue weighted by molar-refractivity contribution is 7.14. The van der Waals surface area contributed by atoms with E-state index in [2.05, 4.69) is 52.6 Å². The van der Waals surface area contributed by atoms with E-state index in [1.54, 1.807) is 0 Å². The number of aromatic nitrogens is 1. The zero-order valence-electron chi connectivity index (χ0n) is 20.3. The number of carbonyl (C=O) groups is 2. The third-order valence-corrected chi connectivity index (χ3v) is 7.01. The Balaban J connectivity index is 1.29. The first-order valence-electron chi connectivity index (χ1n) is 11.7. The highest BCUT2D eigenvalue weighted by atomic mass is 32.1. The summed E-state index contributed by atoms with van der Waals surface area (Å²) in [6.07, 6.45) is 2.47. The van der Waals surface area contributed by atoms with E-state index in [4.69, 9.17) is 0 Å². The van der Waals surface area contributed by atoms with Crippen LogP contribution >= 0.6 is 11.3 Å². The van der Waals surface area contributed by atoms with Crippen LogP contribution in [0, 0.1) is 27.7 Å². The number of carbonyl (C=O) groups excluding carboxylic acids is 2. The Morgan fingerprint density at radius 2 is 1.74 bits per heavy atom. The molecule has 178 valence electrons. The average molecular weight is 477 g/mol. The Kier molecular flexibility index (Phi) is 7.44. The number of aryl methyl sites for hydroxylation is 4. The van der Waals surface area contributed by atoms with Crippen molar-refractivity contribution in [2.75, 3.05) is 23.7 Å². The third kappa shape index (κ3) is 6.30. The molecule has 0 bridgehead atoms. The number of rotatable bonds is 9. The first-order valence-corrected chi connectivity index (χ1v) is 12.6. The van der Waals surface area contributed by atoms with E-state index in [1.807, 2.05) is 37.4 Å². The fraction of sp³-hybridized carbons (Fsp3) is 0.370. The predicted octanol–water partition coefficient (Wildman–Crippen LogP) is 5.48. The largest absolute Gasteiger partial charge is 0.325 e.